The lowest BCUT2D eigenvalue weighted by Gasteiger charge is -2.00. The second-order valence-corrected chi connectivity index (χ2v) is 10.00. The molecule has 4 aromatic heterocycles. The highest BCUT2D eigenvalue weighted by Gasteiger charge is 2.12. The maximum absolute atomic E-state index is 12.0. The molecule has 0 radical (unpaired) electrons. The second-order valence-electron chi connectivity index (χ2n) is 5.98. The van der Waals surface area contributed by atoms with Crippen LogP contribution < -0.4 is 10.6 Å². The van der Waals surface area contributed by atoms with Crippen molar-refractivity contribution in [2.45, 2.75) is 12.8 Å². The van der Waals surface area contributed by atoms with Gasteiger partial charge in [0.1, 0.15) is 10.0 Å². The molecule has 0 unspecified atom stereocenters. The van der Waals surface area contributed by atoms with E-state index in [1.165, 1.54) is 45.3 Å². The van der Waals surface area contributed by atoms with Gasteiger partial charge in [-0.15, -0.1) is 43.1 Å². The number of hydrogen-bond donors (Lipinski definition) is 2. The lowest BCUT2D eigenvalue weighted by molar-refractivity contribution is 0.102. The molecule has 13 heteroatoms. The highest BCUT2D eigenvalue weighted by Crippen LogP contribution is 2.19. The average Bonchev–Trinajstić information content (AvgIpc) is 3.55. The average molecular weight is 493 g/mol. The molecule has 0 fully saturated rings. The molecule has 31 heavy (non-hydrogen) atoms. The zero-order valence-electron chi connectivity index (χ0n) is 15.9. The summed E-state index contributed by atoms with van der Waals surface area (Å²) in [5.74, 6) is -0.367. The number of hydrogen-bond acceptors (Lipinski definition) is 11. The lowest BCUT2D eigenvalue weighted by atomic mass is 10.4. The largest absolute Gasteiger partial charge is 0.381 e. The third-order valence-electron chi connectivity index (χ3n) is 3.79. The van der Waals surface area contributed by atoms with Crippen molar-refractivity contribution in [3.63, 3.8) is 0 Å². The maximum Gasteiger partial charge on any atom is 0.267 e. The summed E-state index contributed by atoms with van der Waals surface area (Å²) in [7, 11) is 0. The predicted molar refractivity (Wildman–Crippen MR) is 123 cm³/mol. The molecule has 0 atom stereocenters. The molecule has 2 N–H and O–H groups in total. The van der Waals surface area contributed by atoms with Crippen molar-refractivity contribution < 1.29 is 14.3 Å². The van der Waals surface area contributed by atoms with Crippen LogP contribution >= 0.6 is 45.3 Å². The quantitative estimate of drug-likeness (QED) is 0.323. The van der Waals surface area contributed by atoms with Gasteiger partial charge in [-0.1, -0.05) is 34.8 Å². The summed E-state index contributed by atoms with van der Waals surface area (Å²) in [4.78, 5) is 25.3. The van der Waals surface area contributed by atoms with Crippen LogP contribution in [0.25, 0.3) is 0 Å². The number of rotatable bonds is 10. The van der Waals surface area contributed by atoms with Gasteiger partial charge in [0, 0.05) is 12.8 Å². The van der Waals surface area contributed by atoms with Gasteiger partial charge >= 0.3 is 0 Å². The fourth-order valence-corrected chi connectivity index (χ4v) is 5.03. The monoisotopic (exact) mass is 492 g/mol. The minimum Gasteiger partial charge on any atom is -0.381 e. The predicted octanol–water partition coefficient (Wildman–Crippen LogP) is 3.82. The molecule has 0 bridgehead atoms. The molecule has 9 nitrogen and oxygen atoms in total. The number of thiophene rings is 2. The number of carbonyl (C=O) groups is 2. The smallest absolute Gasteiger partial charge is 0.267 e. The van der Waals surface area contributed by atoms with Gasteiger partial charge in [0.05, 0.1) is 23.0 Å². The van der Waals surface area contributed by atoms with Crippen LogP contribution in [0.1, 0.15) is 29.4 Å². The van der Waals surface area contributed by atoms with Crippen LogP contribution in [-0.2, 0) is 17.6 Å². The number of nitrogens with zero attached hydrogens (tertiary/aromatic N) is 4. The summed E-state index contributed by atoms with van der Waals surface area (Å²) in [6.45, 7) is 0.961. The van der Waals surface area contributed by atoms with Crippen molar-refractivity contribution in [2.24, 2.45) is 0 Å². The van der Waals surface area contributed by atoms with Gasteiger partial charge in [-0.2, -0.15) is 0 Å². The standard InChI is InChI=1S/C18H16N6O3S4/c25-15(11-3-1-9-28-11)19-17-23-21-13(30-17)5-7-27-8-6-14-22-24-18(31-14)20-16(26)12-4-2-10-29-12/h1-4,9-10H,5-8H2,(H,19,23,25)(H,20,24,26). The Balaban J connectivity index is 1.14. The topological polar surface area (TPSA) is 119 Å². The Hall–Kier alpha value is -2.58. The molecule has 4 heterocycles. The third-order valence-corrected chi connectivity index (χ3v) is 7.32. The van der Waals surface area contributed by atoms with Gasteiger partial charge < -0.3 is 4.74 Å². The first-order valence-electron chi connectivity index (χ1n) is 9.09. The number of aromatic nitrogens is 4. The Morgan fingerprint density at radius 1 is 0.774 bits per heavy atom. The first-order chi connectivity index (χ1) is 15.2. The van der Waals surface area contributed by atoms with Gasteiger partial charge in [-0.25, -0.2) is 0 Å². The van der Waals surface area contributed by atoms with Crippen molar-refractivity contribution in [1.29, 1.82) is 0 Å². The molecule has 0 aromatic carbocycles. The molecule has 0 aliphatic rings. The summed E-state index contributed by atoms with van der Waals surface area (Å²) in [6, 6.07) is 7.17. The Morgan fingerprint density at radius 3 is 1.68 bits per heavy atom. The Kier molecular flexibility index (Phi) is 7.43. The van der Waals surface area contributed by atoms with Crippen molar-refractivity contribution >= 4 is 67.4 Å². The minimum absolute atomic E-state index is 0.183. The normalized spacial score (nSPS) is 10.8. The van der Waals surface area contributed by atoms with Gasteiger partial charge in [0.25, 0.3) is 11.8 Å². The lowest BCUT2D eigenvalue weighted by Crippen LogP contribution is -2.09. The van der Waals surface area contributed by atoms with Crippen molar-refractivity contribution in [2.75, 3.05) is 23.8 Å². The highest BCUT2D eigenvalue weighted by molar-refractivity contribution is 7.16. The van der Waals surface area contributed by atoms with Crippen LogP contribution in [0.15, 0.2) is 35.0 Å². The number of amides is 2. The zero-order chi connectivity index (χ0) is 21.5. The molecule has 0 saturated heterocycles. The van der Waals surface area contributed by atoms with E-state index in [-0.39, 0.29) is 11.8 Å². The van der Waals surface area contributed by atoms with E-state index in [0.29, 0.717) is 46.1 Å². The molecule has 4 aromatic rings. The van der Waals surface area contributed by atoms with E-state index in [9.17, 15) is 9.59 Å². The summed E-state index contributed by atoms with van der Waals surface area (Å²) in [6.07, 6.45) is 1.20. The molecule has 0 saturated carbocycles. The first-order valence-corrected chi connectivity index (χ1v) is 12.5. The van der Waals surface area contributed by atoms with E-state index in [0.717, 1.165) is 10.0 Å². The number of anilines is 2. The van der Waals surface area contributed by atoms with E-state index >= 15 is 0 Å². The summed E-state index contributed by atoms with van der Waals surface area (Å²) < 4.78 is 5.65. The van der Waals surface area contributed by atoms with E-state index in [1.807, 2.05) is 22.9 Å². The van der Waals surface area contributed by atoms with Gasteiger partial charge in [0.15, 0.2) is 0 Å². The molecular weight excluding hydrogens is 477 g/mol. The molecular formula is C18H16N6O3S4. The molecule has 0 spiro atoms. The Morgan fingerprint density at radius 2 is 1.26 bits per heavy atom. The highest BCUT2D eigenvalue weighted by atomic mass is 32.1. The molecule has 0 aliphatic heterocycles. The van der Waals surface area contributed by atoms with Crippen LogP contribution in [0, 0.1) is 0 Å². The molecule has 160 valence electrons. The van der Waals surface area contributed by atoms with Crippen molar-refractivity contribution in [3.8, 4) is 0 Å². The van der Waals surface area contributed by atoms with Gasteiger partial charge in [-0.3, -0.25) is 20.2 Å². The molecule has 2 amide bonds. The van der Waals surface area contributed by atoms with Crippen LogP contribution in [-0.4, -0.2) is 45.4 Å². The van der Waals surface area contributed by atoms with Crippen LogP contribution in [0.5, 0.6) is 0 Å². The number of nitrogens with one attached hydrogen (secondary N) is 2. The second kappa shape index (κ2) is 10.6. The van der Waals surface area contributed by atoms with E-state index < -0.39 is 0 Å². The van der Waals surface area contributed by atoms with Crippen molar-refractivity contribution in [3.05, 3.63) is 54.8 Å². The van der Waals surface area contributed by atoms with E-state index in [4.69, 9.17) is 4.74 Å². The summed E-state index contributed by atoms with van der Waals surface area (Å²) in [5.41, 5.74) is 0. The summed E-state index contributed by atoms with van der Waals surface area (Å²) >= 11 is 5.41. The third kappa shape index (κ3) is 6.21. The number of ether oxygens (including phenoxy) is 1. The Labute approximate surface area is 193 Å². The zero-order valence-corrected chi connectivity index (χ0v) is 19.2. The molecule has 0 aliphatic carbocycles. The van der Waals surface area contributed by atoms with E-state index in [2.05, 4.69) is 31.0 Å². The van der Waals surface area contributed by atoms with Gasteiger partial charge in [-0.05, 0) is 22.9 Å². The number of carbonyl (C=O) groups excluding carboxylic acids is 2. The SMILES string of the molecule is O=C(Nc1nnc(CCOCCc2nnc(NC(=O)c3cccs3)s2)s1)c1cccs1. The first kappa shape index (κ1) is 21.6. The van der Waals surface area contributed by atoms with Crippen LogP contribution in [0.3, 0.4) is 0 Å². The fourth-order valence-electron chi connectivity index (χ4n) is 2.36. The van der Waals surface area contributed by atoms with Crippen molar-refractivity contribution in [1.82, 2.24) is 20.4 Å². The van der Waals surface area contributed by atoms with Gasteiger partial charge in [0.2, 0.25) is 10.3 Å². The van der Waals surface area contributed by atoms with Crippen LogP contribution in [0.4, 0.5) is 10.3 Å². The van der Waals surface area contributed by atoms with Crippen LogP contribution in [0.2, 0.25) is 0 Å². The maximum atomic E-state index is 12.0. The summed E-state index contributed by atoms with van der Waals surface area (Å²) in [5, 5.41) is 27.8. The Bertz CT molecular complexity index is 1030. The minimum atomic E-state index is -0.183. The van der Waals surface area contributed by atoms with E-state index in [1.54, 1.807) is 12.1 Å². The fraction of sp³-hybridized carbons (Fsp3) is 0.222. The molecule has 4 rings (SSSR count).